The molecule has 0 radical (unpaired) electrons. The maximum atomic E-state index is 12.1. The molecule has 1 saturated heterocycles. The Morgan fingerprint density at radius 1 is 1.40 bits per heavy atom. The van der Waals surface area contributed by atoms with Gasteiger partial charge in [-0.3, -0.25) is 9.59 Å². The zero-order valence-corrected chi connectivity index (χ0v) is 12.3. The molecule has 5 nitrogen and oxygen atoms in total. The molecule has 4 N–H and O–H groups in total. The Balaban J connectivity index is 0.00000200. The molecule has 1 aromatic carbocycles. The second-order valence-corrected chi connectivity index (χ2v) is 4.93. The number of hydrogen-bond donors (Lipinski definition) is 3. The summed E-state index contributed by atoms with van der Waals surface area (Å²) in [5.41, 5.74) is 7.21. The van der Waals surface area contributed by atoms with Crippen molar-refractivity contribution < 1.29 is 9.59 Å². The van der Waals surface area contributed by atoms with Crippen LogP contribution in [-0.4, -0.2) is 24.9 Å². The largest absolute Gasteiger partial charge is 0.366 e. The Morgan fingerprint density at radius 3 is 2.70 bits per heavy atom. The molecule has 2 amide bonds. The topological polar surface area (TPSA) is 84.2 Å². The summed E-state index contributed by atoms with van der Waals surface area (Å²) in [4.78, 5) is 23.2. The molecule has 1 atom stereocenters. The van der Waals surface area contributed by atoms with Crippen molar-refractivity contribution >= 4 is 29.9 Å². The molecule has 0 aromatic heterocycles. The third-order valence-electron chi connectivity index (χ3n) is 3.43. The van der Waals surface area contributed by atoms with Gasteiger partial charge in [0.25, 0.3) is 0 Å². The second kappa shape index (κ2) is 7.26. The lowest BCUT2D eigenvalue weighted by Crippen LogP contribution is -2.37. The summed E-state index contributed by atoms with van der Waals surface area (Å²) < 4.78 is 0. The highest BCUT2D eigenvalue weighted by Crippen LogP contribution is 2.17. The van der Waals surface area contributed by atoms with E-state index in [1.54, 1.807) is 25.1 Å². The number of nitrogens with one attached hydrogen (secondary N) is 2. The highest BCUT2D eigenvalue weighted by molar-refractivity contribution is 5.96. The van der Waals surface area contributed by atoms with Crippen molar-refractivity contribution in [3.63, 3.8) is 0 Å². The summed E-state index contributed by atoms with van der Waals surface area (Å²) in [7, 11) is 0. The number of amides is 2. The number of halogens is 1. The smallest absolute Gasteiger partial charge is 0.248 e. The summed E-state index contributed by atoms with van der Waals surface area (Å²) in [6.07, 6.45) is 1.94. The van der Waals surface area contributed by atoms with Gasteiger partial charge in [0.05, 0.1) is 5.92 Å². The highest BCUT2D eigenvalue weighted by atomic mass is 35.5. The minimum atomic E-state index is -0.452. The summed E-state index contributed by atoms with van der Waals surface area (Å²) in [5.74, 6) is -0.407. The number of hydrogen-bond acceptors (Lipinski definition) is 3. The minimum absolute atomic E-state index is 0. The van der Waals surface area contributed by atoms with Crippen LogP contribution in [0.1, 0.15) is 28.8 Å². The molecule has 1 unspecified atom stereocenters. The number of rotatable bonds is 3. The average Bonchev–Trinajstić information content (AvgIpc) is 2.39. The molecule has 0 saturated carbocycles. The van der Waals surface area contributed by atoms with Crippen LogP contribution in [0.2, 0.25) is 0 Å². The maximum absolute atomic E-state index is 12.1. The van der Waals surface area contributed by atoms with E-state index in [0.29, 0.717) is 11.3 Å². The fourth-order valence-electron chi connectivity index (χ4n) is 2.34. The van der Waals surface area contributed by atoms with E-state index in [4.69, 9.17) is 5.73 Å². The number of aryl methyl sites for hydroxylation is 1. The SMILES string of the molecule is Cc1cc(NC(=O)C2CCCNC2)ccc1C(N)=O.Cl. The lowest BCUT2D eigenvalue weighted by atomic mass is 9.98. The van der Waals surface area contributed by atoms with Gasteiger partial charge in [-0.15, -0.1) is 12.4 Å². The second-order valence-electron chi connectivity index (χ2n) is 4.93. The van der Waals surface area contributed by atoms with E-state index in [2.05, 4.69) is 10.6 Å². The van der Waals surface area contributed by atoms with Crippen LogP contribution in [0.15, 0.2) is 18.2 Å². The average molecular weight is 298 g/mol. The lowest BCUT2D eigenvalue weighted by Gasteiger charge is -2.22. The molecule has 1 fully saturated rings. The summed E-state index contributed by atoms with van der Waals surface area (Å²) in [6.45, 7) is 3.51. The van der Waals surface area contributed by atoms with Crippen molar-refractivity contribution in [2.75, 3.05) is 18.4 Å². The van der Waals surface area contributed by atoms with Gasteiger partial charge in [-0.1, -0.05) is 0 Å². The van der Waals surface area contributed by atoms with Crippen molar-refractivity contribution in [3.8, 4) is 0 Å². The van der Waals surface area contributed by atoms with Gasteiger partial charge in [-0.25, -0.2) is 0 Å². The van der Waals surface area contributed by atoms with Gasteiger partial charge < -0.3 is 16.4 Å². The number of piperidine rings is 1. The zero-order chi connectivity index (χ0) is 13.8. The van der Waals surface area contributed by atoms with Crippen LogP contribution < -0.4 is 16.4 Å². The molecular formula is C14H20ClN3O2. The summed E-state index contributed by atoms with van der Waals surface area (Å²) in [6, 6.07) is 5.13. The van der Waals surface area contributed by atoms with Gasteiger partial charge in [0.15, 0.2) is 0 Å². The van der Waals surface area contributed by atoms with E-state index < -0.39 is 5.91 Å². The van der Waals surface area contributed by atoms with E-state index in [0.717, 1.165) is 31.5 Å². The number of nitrogens with two attached hydrogens (primary N) is 1. The van der Waals surface area contributed by atoms with Gasteiger partial charge in [0.1, 0.15) is 0 Å². The van der Waals surface area contributed by atoms with Gasteiger partial charge >= 0.3 is 0 Å². The van der Waals surface area contributed by atoms with E-state index in [1.807, 2.05) is 0 Å². The number of benzene rings is 1. The van der Waals surface area contributed by atoms with Crippen molar-refractivity contribution in [3.05, 3.63) is 29.3 Å². The maximum Gasteiger partial charge on any atom is 0.248 e. The van der Waals surface area contributed by atoms with Gasteiger partial charge in [0.2, 0.25) is 11.8 Å². The van der Waals surface area contributed by atoms with Crippen LogP contribution >= 0.6 is 12.4 Å². The predicted molar refractivity (Wildman–Crippen MR) is 81.2 cm³/mol. The van der Waals surface area contributed by atoms with Crippen LogP contribution in [0.4, 0.5) is 5.69 Å². The fourth-order valence-corrected chi connectivity index (χ4v) is 2.34. The van der Waals surface area contributed by atoms with Crippen LogP contribution in [0.25, 0.3) is 0 Å². The van der Waals surface area contributed by atoms with Crippen LogP contribution in [0, 0.1) is 12.8 Å². The molecule has 0 aliphatic carbocycles. The van der Waals surface area contributed by atoms with Crippen molar-refractivity contribution in [1.29, 1.82) is 0 Å². The molecule has 20 heavy (non-hydrogen) atoms. The molecule has 110 valence electrons. The minimum Gasteiger partial charge on any atom is -0.366 e. The van der Waals surface area contributed by atoms with Gasteiger partial charge in [0, 0.05) is 17.8 Å². The lowest BCUT2D eigenvalue weighted by molar-refractivity contribution is -0.120. The molecule has 2 rings (SSSR count). The zero-order valence-electron chi connectivity index (χ0n) is 11.4. The Bertz CT molecular complexity index is 499. The van der Waals surface area contributed by atoms with Crippen molar-refractivity contribution in [1.82, 2.24) is 5.32 Å². The molecule has 1 aliphatic rings. The van der Waals surface area contributed by atoms with Gasteiger partial charge in [-0.2, -0.15) is 0 Å². The summed E-state index contributed by atoms with van der Waals surface area (Å²) in [5, 5.41) is 6.10. The third-order valence-corrected chi connectivity index (χ3v) is 3.43. The van der Waals surface area contributed by atoms with Crippen molar-refractivity contribution in [2.24, 2.45) is 11.7 Å². The molecule has 6 heteroatoms. The van der Waals surface area contributed by atoms with E-state index in [9.17, 15) is 9.59 Å². The van der Waals surface area contributed by atoms with Crippen molar-refractivity contribution in [2.45, 2.75) is 19.8 Å². The number of primary amides is 1. The first-order valence-corrected chi connectivity index (χ1v) is 6.50. The Labute approximate surface area is 124 Å². The van der Waals surface area contributed by atoms with Crippen LogP contribution in [0.5, 0.6) is 0 Å². The first kappa shape index (κ1) is 16.5. The van der Waals surface area contributed by atoms with Gasteiger partial charge in [-0.05, 0) is 50.1 Å². The normalized spacial score (nSPS) is 17.9. The third kappa shape index (κ3) is 3.95. The first-order valence-electron chi connectivity index (χ1n) is 6.50. The summed E-state index contributed by atoms with van der Waals surface area (Å²) >= 11 is 0. The Morgan fingerprint density at radius 2 is 2.15 bits per heavy atom. The number of carbonyl (C=O) groups is 2. The van der Waals surface area contributed by atoms with E-state index in [-0.39, 0.29) is 24.2 Å². The number of anilines is 1. The highest BCUT2D eigenvalue weighted by Gasteiger charge is 2.21. The van der Waals surface area contributed by atoms with E-state index in [1.165, 1.54) is 0 Å². The standard InChI is InChI=1S/C14H19N3O2.ClH/c1-9-7-11(4-5-12(9)13(15)18)17-14(19)10-3-2-6-16-8-10;/h4-5,7,10,16H,2-3,6,8H2,1H3,(H2,15,18)(H,17,19);1H. The molecule has 0 spiro atoms. The molecule has 1 heterocycles. The van der Waals surface area contributed by atoms with Crippen LogP contribution in [0.3, 0.4) is 0 Å². The first-order chi connectivity index (χ1) is 9.08. The molecule has 1 aromatic rings. The Hall–Kier alpha value is -1.59. The predicted octanol–water partition coefficient (Wildman–Crippen LogP) is 1.45. The quantitative estimate of drug-likeness (QED) is 0.789. The van der Waals surface area contributed by atoms with E-state index >= 15 is 0 Å². The number of carbonyl (C=O) groups excluding carboxylic acids is 2. The molecular weight excluding hydrogens is 278 g/mol. The fraction of sp³-hybridized carbons (Fsp3) is 0.429. The van der Waals surface area contributed by atoms with Crippen LogP contribution in [-0.2, 0) is 4.79 Å². The monoisotopic (exact) mass is 297 g/mol. The molecule has 1 aliphatic heterocycles. The Kier molecular flexibility index (Phi) is 5.98. The molecule has 0 bridgehead atoms.